The van der Waals surface area contributed by atoms with E-state index in [1.165, 1.54) is 30.4 Å². The van der Waals surface area contributed by atoms with Gasteiger partial charge in [0.2, 0.25) is 0 Å². The van der Waals surface area contributed by atoms with Gasteiger partial charge in [0.05, 0.1) is 11.6 Å². The van der Waals surface area contributed by atoms with Gasteiger partial charge in [0.1, 0.15) is 0 Å². The normalized spacial score (nSPS) is 13.9. The van der Waals surface area contributed by atoms with Crippen molar-refractivity contribution in [2.24, 2.45) is 0 Å². The van der Waals surface area contributed by atoms with Crippen LogP contribution in [0, 0.1) is 11.3 Å². The molecule has 0 radical (unpaired) electrons. The monoisotopic (exact) mass is 555 g/mol. The smallest absolute Gasteiger partial charge is 0.254 e. The van der Waals surface area contributed by atoms with Gasteiger partial charge < -0.3 is 4.90 Å². The first-order valence-corrected chi connectivity index (χ1v) is 15.4. The Morgan fingerprint density at radius 2 is 1.40 bits per heavy atom. The number of carbonyl (C=O) groups excluding carboxylic acids is 1. The number of amides is 1. The molecule has 1 saturated heterocycles. The number of hydrogen-bond acceptors (Lipinski definition) is 3. The highest BCUT2D eigenvalue weighted by atomic mass is 16.2. The molecule has 4 heteroatoms. The lowest BCUT2D eigenvalue weighted by Crippen LogP contribution is -2.46. The van der Waals surface area contributed by atoms with Crippen molar-refractivity contribution >= 4 is 5.91 Å². The summed E-state index contributed by atoms with van der Waals surface area (Å²) in [6.45, 7) is 5.74. The third-order valence-corrected chi connectivity index (χ3v) is 8.43. The zero-order valence-electron chi connectivity index (χ0n) is 24.7. The molecule has 214 valence electrons. The Kier molecular flexibility index (Phi) is 10.2. The molecule has 1 aliphatic heterocycles. The number of nitrogens with zero attached hydrogens (tertiary/aromatic N) is 3. The zero-order valence-corrected chi connectivity index (χ0v) is 24.7. The van der Waals surface area contributed by atoms with Gasteiger partial charge in [-0.25, -0.2) is 0 Å². The Morgan fingerprint density at radius 3 is 2.02 bits per heavy atom. The predicted octanol–water partition coefficient (Wildman–Crippen LogP) is 8.26. The molecule has 1 aliphatic rings. The third-order valence-electron chi connectivity index (χ3n) is 8.43. The molecular weight excluding hydrogens is 514 g/mol. The number of aryl methyl sites for hydroxylation is 1. The van der Waals surface area contributed by atoms with Gasteiger partial charge in [-0.05, 0) is 77.8 Å². The fraction of sp³-hybridized carbons (Fsp3) is 0.316. The van der Waals surface area contributed by atoms with Crippen molar-refractivity contribution in [2.45, 2.75) is 64.6 Å². The SMILES string of the molecule is CCCCCc1ccc(C(=O)N(Cc2ccc(-c3ccc(C#N)cc3)cc2)C2CCN(Cc3ccccc3)CC2)cc1. The average molecular weight is 556 g/mol. The maximum Gasteiger partial charge on any atom is 0.254 e. The van der Waals surface area contributed by atoms with E-state index in [9.17, 15) is 4.79 Å². The number of likely N-dealkylation sites (tertiary alicyclic amines) is 1. The molecule has 0 aromatic heterocycles. The van der Waals surface area contributed by atoms with Crippen molar-refractivity contribution in [3.63, 3.8) is 0 Å². The fourth-order valence-corrected chi connectivity index (χ4v) is 5.89. The van der Waals surface area contributed by atoms with Crippen LogP contribution in [-0.4, -0.2) is 34.8 Å². The van der Waals surface area contributed by atoms with Crippen molar-refractivity contribution in [1.82, 2.24) is 9.80 Å². The van der Waals surface area contributed by atoms with E-state index in [0.717, 1.165) is 61.2 Å². The first kappa shape index (κ1) is 29.3. The van der Waals surface area contributed by atoms with Crippen LogP contribution in [0.5, 0.6) is 0 Å². The van der Waals surface area contributed by atoms with Gasteiger partial charge in [-0.2, -0.15) is 5.26 Å². The summed E-state index contributed by atoms with van der Waals surface area (Å²) in [5.74, 6) is 0.118. The number of carbonyl (C=O) groups is 1. The molecular formula is C38H41N3O. The summed E-state index contributed by atoms with van der Waals surface area (Å²) in [7, 11) is 0. The van der Waals surface area contributed by atoms with E-state index in [4.69, 9.17) is 5.26 Å². The van der Waals surface area contributed by atoms with E-state index in [-0.39, 0.29) is 11.9 Å². The number of hydrogen-bond donors (Lipinski definition) is 0. The third kappa shape index (κ3) is 7.75. The standard InChI is InChI=1S/C38H41N3O/c1-2-3-5-8-30-11-21-36(22-12-30)38(42)41(37-23-25-40(26-24-37)28-32-9-6-4-7-10-32)29-33-15-19-35(20-16-33)34-17-13-31(27-39)14-18-34/h4,6-7,9-22,37H,2-3,5,8,23-26,28-29H2,1H3. The van der Waals surface area contributed by atoms with Crippen molar-refractivity contribution in [3.8, 4) is 17.2 Å². The Morgan fingerprint density at radius 1 is 0.786 bits per heavy atom. The molecule has 1 fully saturated rings. The number of unbranched alkanes of at least 4 members (excludes halogenated alkanes) is 2. The summed E-state index contributed by atoms with van der Waals surface area (Å²) >= 11 is 0. The van der Waals surface area contributed by atoms with Crippen LogP contribution in [0.4, 0.5) is 0 Å². The lowest BCUT2D eigenvalue weighted by Gasteiger charge is -2.39. The maximum absolute atomic E-state index is 14.0. The van der Waals surface area contributed by atoms with Crippen molar-refractivity contribution < 1.29 is 4.79 Å². The number of nitriles is 1. The van der Waals surface area contributed by atoms with Crippen LogP contribution in [0.2, 0.25) is 0 Å². The lowest BCUT2D eigenvalue weighted by atomic mass is 9.98. The minimum absolute atomic E-state index is 0.118. The summed E-state index contributed by atoms with van der Waals surface area (Å²) in [5.41, 5.74) is 7.39. The van der Waals surface area contributed by atoms with E-state index in [1.807, 2.05) is 36.4 Å². The highest BCUT2D eigenvalue weighted by Gasteiger charge is 2.29. The summed E-state index contributed by atoms with van der Waals surface area (Å²) in [4.78, 5) is 18.6. The van der Waals surface area contributed by atoms with Crippen LogP contribution in [0.3, 0.4) is 0 Å². The highest BCUT2D eigenvalue weighted by molar-refractivity contribution is 5.94. The second-order valence-electron chi connectivity index (χ2n) is 11.5. The molecule has 0 spiro atoms. The second-order valence-corrected chi connectivity index (χ2v) is 11.5. The molecule has 4 aromatic rings. The van der Waals surface area contributed by atoms with E-state index in [2.05, 4.69) is 89.5 Å². The first-order valence-electron chi connectivity index (χ1n) is 15.4. The summed E-state index contributed by atoms with van der Waals surface area (Å²) < 4.78 is 0. The van der Waals surface area contributed by atoms with Crippen LogP contribution in [0.25, 0.3) is 11.1 Å². The van der Waals surface area contributed by atoms with Gasteiger partial charge in [0.15, 0.2) is 0 Å². The maximum atomic E-state index is 14.0. The molecule has 5 rings (SSSR count). The Labute approximate surface area is 251 Å². The van der Waals surface area contributed by atoms with Gasteiger partial charge in [-0.15, -0.1) is 0 Å². The van der Waals surface area contributed by atoms with Gasteiger partial charge in [0.25, 0.3) is 5.91 Å². The van der Waals surface area contributed by atoms with Crippen molar-refractivity contribution in [1.29, 1.82) is 5.26 Å². The molecule has 0 unspecified atom stereocenters. The van der Waals surface area contributed by atoms with E-state index >= 15 is 0 Å². The van der Waals surface area contributed by atoms with Crippen LogP contribution in [-0.2, 0) is 19.5 Å². The van der Waals surface area contributed by atoms with Gasteiger partial charge in [-0.3, -0.25) is 9.69 Å². The van der Waals surface area contributed by atoms with Gasteiger partial charge >= 0.3 is 0 Å². The number of piperidine rings is 1. The lowest BCUT2D eigenvalue weighted by molar-refractivity contribution is 0.0543. The van der Waals surface area contributed by atoms with E-state index in [1.54, 1.807) is 0 Å². The number of rotatable bonds is 11. The quantitative estimate of drug-likeness (QED) is 0.175. The summed E-state index contributed by atoms with van der Waals surface area (Å²) in [5, 5.41) is 9.11. The molecule has 42 heavy (non-hydrogen) atoms. The molecule has 4 aromatic carbocycles. The fourth-order valence-electron chi connectivity index (χ4n) is 5.89. The Bertz CT molecular complexity index is 1450. The molecule has 1 amide bonds. The van der Waals surface area contributed by atoms with Crippen LogP contribution in [0.1, 0.15) is 71.6 Å². The summed E-state index contributed by atoms with van der Waals surface area (Å²) in [6, 6.07) is 37.5. The predicted molar refractivity (Wildman–Crippen MR) is 171 cm³/mol. The van der Waals surface area contributed by atoms with Crippen LogP contribution in [0.15, 0.2) is 103 Å². The van der Waals surface area contributed by atoms with Crippen LogP contribution < -0.4 is 0 Å². The van der Waals surface area contributed by atoms with Crippen LogP contribution >= 0.6 is 0 Å². The average Bonchev–Trinajstić information content (AvgIpc) is 3.05. The number of benzene rings is 4. The largest absolute Gasteiger partial charge is 0.331 e. The second kappa shape index (κ2) is 14.6. The molecule has 1 heterocycles. The molecule has 0 aliphatic carbocycles. The Balaban J connectivity index is 1.30. The van der Waals surface area contributed by atoms with Gasteiger partial charge in [-0.1, -0.05) is 98.6 Å². The first-order chi connectivity index (χ1) is 20.6. The topological polar surface area (TPSA) is 47.3 Å². The summed E-state index contributed by atoms with van der Waals surface area (Å²) in [6.07, 6.45) is 6.65. The van der Waals surface area contributed by atoms with Crippen molar-refractivity contribution in [3.05, 3.63) is 131 Å². The molecule has 0 bridgehead atoms. The Hall–Kier alpha value is -4.20. The van der Waals surface area contributed by atoms with E-state index in [0.29, 0.717) is 12.1 Å². The minimum atomic E-state index is 0.118. The van der Waals surface area contributed by atoms with Gasteiger partial charge in [0, 0.05) is 37.8 Å². The van der Waals surface area contributed by atoms with Crippen molar-refractivity contribution in [2.75, 3.05) is 13.1 Å². The molecule has 4 nitrogen and oxygen atoms in total. The minimum Gasteiger partial charge on any atom is -0.331 e. The zero-order chi connectivity index (χ0) is 29.1. The molecule has 0 saturated carbocycles. The highest BCUT2D eigenvalue weighted by Crippen LogP contribution is 2.25. The molecule has 0 N–H and O–H groups in total. The van der Waals surface area contributed by atoms with E-state index < -0.39 is 0 Å². The molecule has 0 atom stereocenters.